The molecule has 1 heterocycles. The first-order valence-corrected chi connectivity index (χ1v) is 5.93. The number of carbonyl (C=O) groups is 1. The van der Waals surface area contributed by atoms with Crippen molar-refractivity contribution in [1.82, 2.24) is 4.90 Å². The Morgan fingerprint density at radius 3 is 3.06 bits per heavy atom. The maximum Gasteiger partial charge on any atom is 0.262 e. The fourth-order valence-corrected chi connectivity index (χ4v) is 1.76. The molecule has 0 saturated heterocycles. The van der Waals surface area contributed by atoms with Crippen LogP contribution >= 0.6 is 0 Å². The molecular weight excluding hydrogens is 216 g/mol. The van der Waals surface area contributed by atoms with Crippen LogP contribution in [-0.2, 0) is 11.2 Å². The number of nitrogens with zero attached hydrogens (tertiary/aromatic N) is 1. The Morgan fingerprint density at radius 2 is 2.29 bits per heavy atom. The Bertz CT molecular complexity index is 418. The van der Waals surface area contributed by atoms with Gasteiger partial charge in [-0.05, 0) is 37.7 Å². The summed E-state index contributed by atoms with van der Waals surface area (Å²) in [5, 5.41) is 2.82. The van der Waals surface area contributed by atoms with Crippen molar-refractivity contribution in [3.05, 3.63) is 23.8 Å². The molecule has 0 fully saturated rings. The lowest BCUT2D eigenvalue weighted by Crippen LogP contribution is -2.25. The summed E-state index contributed by atoms with van der Waals surface area (Å²) in [6, 6.07) is 5.98. The quantitative estimate of drug-likeness (QED) is 0.858. The lowest BCUT2D eigenvalue weighted by atomic mass is 10.1. The van der Waals surface area contributed by atoms with Crippen LogP contribution in [0.25, 0.3) is 0 Å². The van der Waals surface area contributed by atoms with E-state index in [9.17, 15) is 4.79 Å². The molecule has 0 unspecified atom stereocenters. The summed E-state index contributed by atoms with van der Waals surface area (Å²) >= 11 is 0. The van der Waals surface area contributed by atoms with Crippen LogP contribution in [0.4, 0.5) is 5.69 Å². The van der Waals surface area contributed by atoms with Crippen LogP contribution in [0.1, 0.15) is 12.5 Å². The average molecular weight is 234 g/mol. The van der Waals surface area contributed by atoms with Crippen LogP contribution < -0.4 is 10.1 Å². The molecule has 2 rings (SSSR count). The largest absolute Gasteiger partial charge is 0.482 e. The third kappa shape index (κ3) is 2.97. The standard InChI is InChI=1S/C13H18N2O2/c1-3-15(2)7-6-10-4-5-12-11(8-10)14-13(16)9-17-12/h4-5,8H,3,6-7,9H2,1-2H3,(H,14,16). The second-order valence-electron chi connectivity index (χ2n) is 4.31. The van der Waals surface area contributed by atoms with Crippen molar-refractivity contribution in [2.24, 2.45) is 0 Å². The fraction of sp³-hybridized carbons (Fsp3) is 0.462. The number of ether oxygens (including phenoxy) is 1. The molecule has 0 radical (unpaired) electrons. The first kappa shape index (κ1) is 11.9. The smallest absolute Gasteiger partial charge is 0.262 e. The molecular formula is C13H18N2O2. The number of fused-ring (bicyclic) bond motifs is 1. The van der Waals surface area contributed by atoms with E-state index in [1.807, 2.05) is 12.1 Å². The lowest BCUT2D eigenvalue weighted by molar-refractivity contribution is -0.118. The van der Waals surface area contributed by atoms with Crippen molar-refractivity contribution < 1.29 is 9.53 Å². The lowest BCUT2D eigenvalue weighted by Gasteiger charge is -2.19. The first-order chi connectivity index (χ1) is 8.19. The number of benzene rings is 1. The van der Waals surface area contributed by atoms with Gasteiger partial charge in [0, 0.05) is 6.54 Å². The third-order valence-electron chi connectivity index (χ3n) is 3.00. The monoisotopic (exact) mass is 234 g/mol. The zero-order valence-electron chi connectivity index (χ0n) is 10.3. The average Bonchev–Trinajstić information content (AvgIpc) is 2.35. The highest BCUT2D eigenvalue weighted by Gasteiger charge is 2.15. The predicted octanol–water partition coefficient (Wildman–Crippen LogP) is 1.51. The van der Waals surface area contributed by atoms with E-state index in [4.69, 9.17) is 4.74 Å². The molecule has 1 aromatic carbocycles. The van der Waals surface area contributed by atoms with Gasteiger partial charge in [0.2, 0.25) is 0 Å². The highest BCUT2D eigenvalue weighted by atomic mass is 16.5. The summed E-state index contributed by atoms with van der Waals surface area (Å²) < 4.78 is 5.32. The fourth-order valence-electron chi connectivity index (χ4n) is 1.76. The molecule has 1 N–H and O–H groups in total. The molecule has 0 spiro atoms. The summed E-state index contributed by atoms with van der Waals surface area (Å²) in [6.07, 6.45) is 0.980. The van der Waals surface area contributed by atoms with E-state index >= 15 is 0 Å². The van der Waals surface area contributed by atoms with Gasteiger partial charge in [-0.3, -0.25) is 4.79 Å². The van der Waals surface area contributed by atoms with Gasteiger partial charge in [-0.1, -0.05) is 13.0 Å². The molecule has 0 atom stereocenters. The normalized spacial score (nSPS) is 14.2. The number of amides is 1. The van der Waals surface area contributed by atoms with E-state index in [0.717, 1.165) is 30.9 Å². The van der Waals surface area contributed by atoms with Crippen molar-refractivity contribution in [1.29, 1.82) is 0 Å². The van der Waals surface area contributed by atoms with Crippen molar-refractivity contribution in [3.63, 3.8) is 0 Å². The Kier molecular flexibility index (Phi) is 3.64. The number of nitrogens with one attached hydrogen (secondary N) is 1. The Hall–Kier alpha value is -1.55. The van der Waals surface area contributed by atoms with Gasteiger partial charge in [0.25, 0.3) is 5.91 Å². The maximum atomic E-state index is 11.2. The highest BCUT2D eigenvalue weighted by molar-refractivity contribution is 5.95. The summed E-state index contributed by atoms with van der Waals surface area (Å²) in [5.74, 6) is 0.678. The SMILES string of the molecule is CCN(C)CCc1ccc2c(c1)NC(=O)CO2. The van der Waals surface area contributed by atoms with Gasteiger partial charge >= 0.3 is 0 Å². The number of anilines is 1. The minimum atomic E-state index is -0.0830. The van der Waals surface area contributed by atoms with E-state index in [1.165, 1.54) is 5.56 Å². The molecule has 0 bridgehead atoms. The van der Waals surface area contributed by atoms with Crippen LogP contribution in [0.5, 0.6) is 5.75 Å². The molecule has 0 saturated carbocycles. The van der Waals surface area contributed by atoms with Gasteiger partial charge in [0.1, 0.15) is 5.75 Å². The molecule has 1 aliphatic rings. The van der Waals surface area contributed by atoms with Crippen LogP contribution in [-0.4, -0.2) is 37.6 Å². The van der Waals surface area contributed by atoms with E-state index in [1.54, 1.807) is 0 Å². The van der Waals surface area contributed by atoms with Gasteiger partial charge < -0.3 is 15.0 Å². The predicted molar refractivity (Wildman–Crippen MR) is 67.4 cm³/mol. The Morgan fingerprint density at radius 1 is 1.47 bits per heavy atom. The number of rotatable bonds is 4. The Balaban J connectivity index is 2.05. The van der Waals surface area contributed by atoms with Crippen molar-refractivity contribution >= 4 is 11.6 Å². The molecule has 4 heteroatoms. The second kappa shape index (κ2) is 5.19. The molecule has 1 amide bonds. The van der Waals surface area contributed by atoms with Gasteiger partial charge in [0.15, 0.2) is 6.61 Å². The first-order valence-electron chi connectivity index (χ1n) is 5.93. The summed E-state index contributed by atoms with van der Waals surface area (Å²) in [7, 11) is 2.10. The van der Waals surface area contributed by atoms with Gasteiger partial charge in [-0.25, -0.2) is 0 Å². The molecule has 1 aromatic rings. The zero-order chi connectivity index (χ0) is 12.3. The second-order valence-corrected chi connectivity index (χ2v) is 4.31. The van der Waals surface area contributed by atoms with Crippen molar-refractivity contribution in [2.45, 2.75) is 13.3 Å². The molecule has 0 aliphatic carbocycles. The van der Waals surface area contributed by atoms with Crippen LogP contribution in [0.15, 0.2) is 18.2 Å². The van der Waals surface area contributed by atoms with Crippen molar-refractivity contribution in [2.75, 3.05) is 32.1 Å². The van der Waals surface area contributed by atoms with Crippen LogP contribution in [0.3, 0.4) is 0 Å². The van der Waals surface area contributed by atoms with E-state index in [2.05, 4.69) is 30.3 Å². The maximum absolute atomic E-state index is 11.2. The molecule has 4 nitrogen and oxygen atoms in total. The third-order valence-corrected chi connectivity index (χ3v) is 3.00. The van der Waals surface area contributed by atoms with Gasteiger partial charge in [-0.2, -0.15) is 0 Å². The van der Waals surface area contributed by atoms with E-state index in [-0.39, 0.29) is 12.5 Å². The molecule has 92 valence electrons. The number of likely N-dealkylation sites (N-methyl/N-ethyl adjacent to an activating group) is 1. The van der Waals surface area contributed by atoms with Gasteiger partial charge in [-0.15, -0.1) is 0 Å². The summed E-state index contributed by atoms with van der Waals surface area (Å²) in [6.45, 7) is 4.32. The molecule has 17 heavy (non-hydrogen) atoms. The molecule has 1 aliphatic heterocycles. The number of hydrogen-bond donors (Lipinski definition) is 1. The van der Waals surface area contributed by atoms with E-state index < -0.39 is 0 Å². The van der Waals surface area contributed by atoms with Crippen LogP contribution in [0.2, 0.25) is 0 Å². The van der Waals surface area contributed by atoms with E-state index in [0.29, 0.717) is 0 Å². The minimum Gasteiger partial charge on any atom is -0.482 e. The number of hydrogen-bond acceptors (Lipinski definition) is 3. The number of carbonyl (C=O) groups excluding carboxylic acids is 1. The zero-order valence-corrected chi connectivity index (χ0v) is 10.3. The Labute approximate surface area is 102 Å². The topological polar surface area (TPSA) is 41.6 Å². The van der Waals surface area contributed by atoms with Gasteiger partial charge in [0.05, 0.1) is 5.69 Å². The minimum absolute atomic E-state index is 0.0830. The highest BCUT2D eigenvalue weighted by Crippen LogP contribution is 2.28. The molecule has 0 aromatic heterocycles. The summed E-state index contributed by atoms with van der Waals surface area (Å²) in [4.78, 5) is 13.5. The van der Waals surface area contributed by atoms with Crippen LogP contribution in [0, 0.1) is 0 Å². The van der Waals surface area contributed by atoms with Crippen molar-refractivity contribution in [3.8, 4) is 5.75 Å². The summed E-state index contributed by atoms with van der Waals surface area (Å²) in [5.41, 5.74) is 2.01.